The van der Waals surface area contributed by atoms with E-state index in [0.29, 0.717) is 0 Å². The molecule has 108 valence electrons. The highest BCUT2D eigenvalue weighted by molar-refractivity contribution is 9.10. The number of benzene rings is 1. The van der Waals surface area contributed by atoms with E-state index in [1.807, 2.05) is 18.2 Å². The van der Waals surface area contributed by atoms with Crippen molar-refractivity contribution in [1.29, 1.82) is 0 Å². The molecule has 0 saturated carbocycles. The maximum absolute atomic E-state index is 5.62. The van der Waals surface area contributed by atoms with Crippen LogP contribution in [-0.2, 0) is 0 Å². The molecule has 20 heavy (non-hydrogen) atoms. The molecule has 3 nitrogen and oxygen atoms in total. The maximum atomic E-state index is 5.62. The van der Waals surface area contributed by atoms with Gasteiger partial charge < -0.3 is 14.5 Å². The highest BCUT2D eigenvalue weighted by atomic mass is 79.9. The fourth-order valence-corrected chi connectivity index (χ4v) is 2.57. The smallest absolute Gasteiger partial charge is 0.174 e. The van der Waals surface area contributed by atoms with Crippen LogP contribution in [0.2, 0.25) is 0 Å². The largest absolute Gasteiger partial charge is 0.494 e. The van der Waals surface area contributed by atoms with E-state index < -0.39 is 0 Å². The van der Waals surface area contributed by atoms with E-state index in [0.717, 1.165) is 35.6 Å². The summed E-state index contributed by atoms with van der Waals surface area (Å²) in [6, 6.07) is 10.3. The van der Waals surface area contributed by atoms with Gasteiger partial charge in [-0.1, -0.05) is 26.0 Å². The fraction of sp³-hybridized carbons (Fsp3) is 0.375. The van der Waals surface area contributed by atoms with Crippen LogP contribution in [0.3, 0.4) is 0 Å². The van der Waals surface area contributed by atoms with Crippen molar-refractivity contribution in [2.75, 3.05) is 13.2 Å². The lowest BCUT2D eigenvalue weighted by Gasteiger charge is -2.18. The first kappa shape index (κ1) is 15.1. The minimum Gasteiger partial charge on any atom is -0.494 e. The zero-order valence-corrected chi connectivity index (χ0v) is 13.4. The number of halogens is 1. The van der Waals surface area contributed by atoms with Crippen molar-refractivity contribution in [2.24, 2.45) is 0 Å². The summed E-state index contributed by atoms with van der Waals surface area (Å²) in [5.41, 5.74) is 2.30. The van der Waals surface area contributed by atoms with Crippen LogP contribution < -0.4 is 10.1 Å². The summed E-state index contributed by atoms with van der Waals surface area (Å²) in [6.07, 6.45) is 2.71. The highest BCUT2D eigenvalue weighted by Crippen LogP contribution is 2.30. The first-order valence-electron chi connectivity index (χ1n) is 6.95. The minimum atomic E-state index is 0.119. The third-order valence-electron chi connectivity index (χ3n) is 3.05. The number of furan rings is 1. The SMILES string of the molecule is CCCOc1ccc(C(NCC)c2ccoc2Br)cc1. The summed E-state index contributed by atoms with van der Waals surface area (Å²) >= 11 is 3.45. The Kier molecular flexibility index (Phi) is 5.68. The molecule has 0 saturated heterocycles. The van der Waals surface area contributed by atoms with Gasteiger partial charge in [-0.15, -0.1) is 0 Å². The molecule has 0 amide bonds. The lowest BCUT2D eigenvalue weighted by molar-refractivity contribution is 0.317. The Labute approximate surface area is 128 Å². The zero-order valence-electron chi connectivity index (χ0n) is 11.9. The van der Waals surface area contributed by atoms with Gasteiger partial charge in [-0.3, -0.25) is 0 Å². The number of nitrogens with one attached hydrogen (secondary N) is 1. The van der Waals surface area contributed by atoms with Gasteiger partial charge in [0.25, 0.3) is 0 Å². The third kappa shape index (κ3) is 3.64. The first-order chi connectivity index (χ1) is 9.76. The lowest BCUT2D eigenvalue weighted by Crippen LogP contribution is -2.21. The Morgan fingerprint density at radius 3 is 2.50 bits per heavy atom. The Morgan fingerprint density at radius 1 is 1.20 bits per heavy atom. The minimum absolute atomic E-state index is 0.119. The molecule has 1 N–H and O–H groups in total. The molecular formula is C16H20BrNO2. The summed E-state index contributed by atoms with van der Waals surface area (Å²) in [5, 5.41) is 3.47. The molecule has 1 heterocycles. The molecule has 0 radical (unpaired) electrons. The van der Waals surface area contributed by atoms with Crippen LogP contribution in [0.4, 0.5) is 0 Å². The number of hydrogen-bond donors (Lipinski definition) is 1. The van der Waals surface area contributed by atoms with Crippen molar-refractivity contribution in [3.05, 3.63) is 52.4 Å². The van der Waals surface area contributed by atoms with Gasteiger partial charge in [0.15, 0.2) is 4.67 Å². The van der Waals surface area contributed by atoms with E-state index >= 15 is 0 Å². The molecule has 2 aromatic rings. The number of hydrogen-bond acceptors (Lipinski definition) is 3. The Morgan fingerprint density at radius 2 is 1.95 bits per heavy atom. The summed E-state index contributed by atoms with van der Waals surface area (Å²) in [6.45, 7) is 5.84. The molecule has 0 aliphatic rings. The summed E-state index contributed by atoms with van der Waals surface area (Å²) in [5.74, 6) is 0.914. The van der Waals surface area contributed by atoms with Crippen molar-refractivity contribution in [3.8, 4) is 5.75 Å². The molecular weight excluding hydrogens is 318 g/mol. The van der Waals surface area contributed by atoms with Crippen molar-refractivity contribution in [2.45, 2.75) is 26.3 Å². The predicted octanol–water partition coefficient (Wildman–Crippen LogP) is 4.53. The Balaban J connectivity index is 2.19. The molecule has 2 rings (SSSR count). The highest BCUT2D eigenvalue weighted by Gasteiger charge is 2.17. The molecule has 1 atom stereocenters. The second-order valence-electron chi connectivity index (χ2n) is 4.56. The monoisotopic (exact) mass is 337 g/mol. The average Bonchev–Trinajstić information content (AvgIpc) is 2.89. The molecule has 1 aromatic carbocycles. The van der Waals surface area contributed by atoms with E-state index in [9.17, 15) is 0 Å². The van der Waals surface area contributed by atoms with Gasteiger partial charge in [0.2, 0.25) is 0 Å². The van der Waals surface area contributed by atoms with Crippen molar-refractivity contribution in [3.63, 3.8) is 0 Å². The third-order valence-corrected chi connectivity index (χ3v) is 3.70. The van der Waals surface area contributed by atoms with Gasteiger partial charge in [0, 0.05) is 5.56 Å². The van der Waals surface area contributed by atoms with E-state index in [1.165, 1.54) is 5.56 Å². The zero-order chi connectivity index (χ0) is 14.4. The molecule has 0 fully saturated rings. The van der Waals surface area contributed by atoms with Crippen molar-refractivity contribution in [1.82, 2.24) is 5.32 Å². The molecule has 0 bridgehead atoms. The van der Waals surface area contributed by atoms with Crippen LogP contribution in [0.5, 0.6) is 5.75 Å². The van der Waals surface area contributed by atoms with Gasteiger partial charge in [-0.25, -0.2) is 0 Å². The van der Waals surface area contributed by atoms with Crippen LogP contribution in [0, 0.1) is 0 Å². The number of rotatable bonds is 7. The van der Waals surface area contributed by atoms with E-state index in [1.54, 1.807) is 6.26 Å². The van der Waals surface area contributed by atoms with E-state index in [2.05, 4.69) is 47.2 Å². The topological polar surface area (TPSA) is 34.4 Å². The molecule has 1 unspecified atom stereocenters. The maximum Gasteiger partial charge on any atom is 0.174 e. The van der Waals surface area contributed by atoms with Crippen LogP contribution in [0.1, 0.15) is 37.4 Å². The fourth-order valence-electron chi connectivity index (χ4n) is 2.10. The first-order valence-corrected chi connectivity index (χ1v) is 7.74. The van der Waals surface area contributed by atoms with Gasteiger partial charge in [0.05, 0.1) is 18.9 Å². The van der Waals surface area contributed by atoms with Crippen molar-refractivity contribution >= 4 is 15.9 Å². The summed E-state index contributed by atoms with van der Waals surface area (Å²) in [7, 11) is 0. The van der Waals surface area contributed by atoms with Gasteiger partial charge in [0.1, 0.15) is 5.75 Å². The van der Waals surface area contributed by atoms with E-state index in [4.69, 9.17) is 9.15 Å². The molecule has 0 spiro atoms. The van der Waals surface area contributed by atoms with E-state index in [-0.39, 0.29) is 6.04 Å². The quantitative estimate of drug-likeness (QED) is 0.805. The van der Waals surface area contributed by atoms with Gasteiger partial charge in [-0.2, -0.15) is 0 Å². The number of ether oxygens (including phenoxy) is 1. The van der Waals surface area contributed by atoms with Gasteiger partial charge >= 0.3 is 0 Å². The van der Waals surface area contributed by atoms with Crippen LogP contribution in [0.15, 0.2) is 45.7 Å². The average molecular weight is 338 g/mol. The molecule has 1 aromatic heterocycles. The molecule has 4 heteroatoms. The molecule has 0 aliphatic carbocycles. The Bertz CT molecular complexity index is 522. The lowest BCUT2D eigenvalue weighted by atomic mass is 10.0. The molecule has 0 aliphatic heterocycles. The second kappa shape index (κ2) is 7.50. The van der Waals surface area contributed by atoms with Crippen LogP contribution >= 0.6 is 15.9 Å². The van der Waals surface area contributed by atoms with Crippen LogP contribution in [0.25, 0.3) is 0 Å². The summed E-state index contributed by atoms with van der Waals surface area (Å²) < 4.78 is 11.7. The van der Waals surface area contributed by atoms with Gasteiger partial charge in [-0.05, 0) is 52.7 Å². The van der Waals surface area contributed by atoms with Crippen LogP contribution in [-0.4, -0.2) is 13.2 Å². The summed E-state index contributed by atoms with van der Waals surface area (Å²) in [4.78, 5) is 0. The normalized spacial score (nSPS) is 12.3. The predicted molar refractivity (Wildman–Crippen MR) is 84.2 cm³/mol. The Hall–Kier alpha value is -1.26. The second-order valence-corrected chi connectivity index (χ2v) is 5.28. The van der Waals surface area contributed by atoms with Crippen molar-refractivity contribution < 1.29 is 9.15 Å². The standard InChI is InChI=1S/C16H20BrNO2/c1-3-10-19-13-7-5-12(6-8-13)15(18-4-2)14-9-11-20-16(14)17/h5-9,11,15,18H,3-4,10H2,1-2H3.